The Hall–Kier alpha value is -4.13. The maximum atomic E-state index is 5.96. The van der Waals surface area contributed by atoms with Crippen molar-refractivity contribution in [2.24, 2.45) is 0 Å². The van der Waals surface area contributed by atoms with Crippen molar-refractivity contribution in [3.05, 3.63) is 85.1 Å². The van der Waals surface area contributed by atoms with E-state index in [1.54, 1.807) is 13.3 Å². The first kappa shape index (κ1) is 18.2. The number of methoxy groups -OCH3 is 1. The van der Waals surface area contributed by atoms with Gasteiger partial charge in [0.05, 0.1) is 19.0 Å². The number of hydrogen-bond acceptors (Lipinski definition) is 7. The van der Waals surface area contributed by atoms with Gasteiger partial charge < -0.3 is 20.1 Å². The molecule has 0 saturated carbocycles. The predicted molar refractivity (Wildman–Crippen MR) is 112 cm³/mol. The summed E-state index contributed by atoms with van der Waals surface area (Å²) in [4.78, 5) is 4.47. The molecular formula is C22H19N5O2. The number of ether oxygens (including phenoxy) is 2. The van der Waals surface area contributed by atoms with Crippen LogP contribution < -0.4 is 20.1 Å². The van der Waals surface area contributed by atoms with Crippen LogP contribution in [0.5, 0.6) is 17.2 Å². The fraction of sp³-hybridized carbons (Fsp3) is 0.0455. The van der Waals surface area contributed by atoms with Gasteiger partial charge in [-0.05, 0) is 48.5 Å². The molecular weight excluding hydrogens is 366 g/mol. The van der Waals surface area contributed by atoms with Gasteiger partial charge in [-0.2, -0.15) is 10.1 Å². The van der Waals surface area contributed by atoms with Gasteiger partial charge in [0.2, 0.25) is 5.95 Å². The van der Waals surface area contributed by atoms with E-state index in [1.165, 1.54) is 0 Å². The van der Waals surface area contributed by atoms with Gasteiger partial charge in [-0.25, -0.2) is 0 Å². The number of rotatable bonds is 7. The highest BCUT2D eigenvalue weighted by Crippen LogP contribution is 2.30. The van der Waals surface area contributed by atoms with E-state index < -0.39 is 0 Å². The van der Waals surface area contributed by atoms with E-state index in [-0.39, 0.29) is 0 Å². The molecule has 29 heavy (non-hydrogen) atoms. The fourth-order valence-electron chi connectivity index (χ4n) is 2.63. The van der Waals surface area contributed by atoms with Crippen LogP contribution in [0, 0.1) is 0 Å². The molecule has 2 N–H and O–H groups in total. The third-order valence-corrected chi connectivity index (χ3v) is 4.03. The van der Waals surface area contributed by atoms with E-state index in [4.69, 9.17) is 9.47 Å². The Bertz CT molecular complexity index is 1070. The van der Waals surface area contributed by atoms with Gasteiger partial charge in [0, 0.05) is 5.69 Å². The Morgan fingerprint density at radius 3 is 2.31 bits per heavy atom. The lowest BCUT2D eigenvalue weighted by Crippen LogP contribution is -2.03. The van der Waals surface area contributed by atoms with Crippen molar-refractivity contribution < 1.29 is 9.47 Å². The smallest absolute Gasteiger partial charge is 0.249 e. The predicted octanol–water partition coefficient (Wildman–Crippen LogP) is 5.16. The number of aromatic nitrogens is 3. The minimum atomic E-state index is 0.354. The maximum absolute atomic E-state index is 5.96. The standard InChI is InChI=1S/C22H19N5O2/c1-28-17-13-11-16(12-14-17)24-21-15-23-27-22(26-21)25-19-9-5-6-10-20(19)29-18-7-3-2-4-8-18/h2-15H,1H3,(H2,24,25,26,27). The van der Waals surface area contributed by atoms with E-state index in [0.717, 1.165) is 22.9 Å². The Kier molecular flexibility index (Phi) is 5.48. The molecule has 0 unspecified atom stereocenters. The van der Waals surface area contributed by atoms with Crippen molar-refractivity contribution >= 4 is 23.1 Å². The zero-order valence-corrected chi connectivity index (χ0v) is 15.7. The molecule has 0 bridgehead atoms. The zero-order chi connectivity index (χ0) is 19.9. The number of hydrogen-bond donors (Lipinski definition) is 2. The Morgan fingerprint density at radius 2 is 1.52 bits per heavy atom. The quantitative estimate of drug-likeness (QED) is 0.455. The summed E-state index contributed by atoms with van der Waals surface area (Å²) in [5.41, 5.74) is 1.60. The van der Waals surface area contributed by atoms with Crippen LogP contribution in [0.15, 0.2) is 85.1 Å². The van der Waals surface area contributed by atoms with E-state index in [0.29, 0.717) is 17.5 Å². The summed E-state index contributed by atoms with van der Waals surface area (Å²) in [6, 6.07) is 24.7. The third-order valence-electron chi connectivity index (χ3n) is 4.03. The number of nitrogens with zero attached hydrogens (tertiary/aromatic N) is 3. The summed E-state index contributed by atoms with van der Waals surface area (Å²) in [5, 5.41) is 14.4. The topological polar surface area (TPSA) is 81.2 Å². The number of anilines is 4. The van der Waals surface area contributed by atoms with E-state index in [9.17, 15) is 0 Å². The summed E-state index contributed by atoms with van der Waals surface area (Å²) < 4.78 is 11.1. The van der Waals surface area contributed by atoms with Crippen molar-refractivity contribution in [2.75, 3.05) is 17.7 Å². The van der Waals surface area contributed by atoms with Crippen molar-refractivity contribution in [1.29, 1.82) is 0 Å². The second-order valence-corrected chi connectivity index (χ2v) is 6.05. The van der Waals surface area contributed by atoms with Crippen molar-refractivity contribution in [3.8, 4) is 17.2 Å². The van der Waals surface area contributed by atoms with Gasteiger partial charge >= 0.3 is 0 Å². The third kappa shape index (κ3) is 4.78. The molecule has 0 aliphatic carbocycles. The highest BCUT2D eigenvalue weighted by atomic mass is 16.5. The first-order valence-electron chi connectivity index (χ1n) is 9.00. The van der Waals surface area contributed by atoms with Crippen LogP contribution in [0.25, 0.3) is 0 Å². The molecule has 0 spiro atoms. The summed E-state index contributed by atoms with van der Waals surface area (Å²) in [6.07, 6.45) is 1.56. The molecule has 0 aliphatic rings. The number of para-hydroxylation sites is 3. The Labute approximate surface area is 168 Å². The Morgan fingerprint density at radius 1 is 0.759 bits per heavy atom. The Balaban J connectivity index is 1.51. The molecule has 0 amide bonds. The van der Waals surface area contributed by atoms with E-state index in [1.807, 2.05) is 78.9 Å². The second-order valence-electron chi connectivity index (χ2n) is 6.05. The zero-order valence-electron chi connectivity index (χ0n) is 15.7. The molecule has 0 aliphatic heterocycles. The first-order valence-corrected chi connectivity index (χ1v) is 9.00. The van der Waals surface area contributed by atoms with Gasteiger partial charge in [-0.1, -0.05) is 30.3 Å². The highest BCUT2D eigenvalue weighted by Gasteiger charge is 2.08. The molecule has 4 rings (SSSR count). The van der Waals surface area contributed by atoms with Crippen LogP contribution in [0.3, 0.4) is 0 Å². The number of benzene rings is 3. The number of nitrogens with one attached hydrogen (secondary N) is 2. The molecule has 1 heterocycles. The van der Waals surface area contributed by atoms with Crippen LogP contribution in [0.1, 0.15) is 0 Å². The normalized spacial score (nSPS) is 10.2. The molecule has 144 valence electrons. The molecule has 0 saturated heterocycles. The molecule has 0 atom stereocenters. The average molecular weight is 385 g/mol. The van der Waals surface area contributed by atoms with Crippen molar-refractivity contribution in [2.45, 2.75) is 0 Å². The lowest BCUT2D eigenvalue weighted by molar-refractivity contribution is 0.415. The molecule has 0 fully saturated rings. The van der Waals surface area contributed by atoms with Gasteiger partial charge in [-0.15, -0.1) is 5.10 Å². The minimum absolute atomic E-state index is 0.354. The van der Waals surface area contributed by atoms with Gasteiger partial charge in [0.25, 0.3) is 0 Å². The second kappa shape index (κ2) is 8.71. The largest absolute Gasteiger partial charge is 0.497 e. The average Bonchev–Trinajstić information content (AvgIpc) is 2.77. The van der Waals surface area contributed by atoms with Gasteiger partial charge in [0.15, 0.2) is 11.6 Å². The van der Waals surface area contributed by atoms with Crippen molar-refractivity contribution in [1.82, 2.24) is 15.2 Å². The van der Waals surface area contributed by atoms with Crippen LogP contribution in [0.4, 0.5) is 23.1 Å². The molecule has 1 aromatic heterocycles. The monoisotopic (exact) mass is 385 g/mol. The minimum Gasteiger partial charge on any atom is -0.497 e. The molecule has 0 radical (unpaired) electrons. The van der Waals surface area contributed by atoms with Gasteiger partial charge in [-0.3, -0.25) is 0 Å². The summed E-state index contributed by atoms with van der Waals surface area (Å²) in [5.74, 6) is 3.11. The summed E-state index contributed by atoms with van der Waals surface area (Å²) in [6.45, 7) is 0. The highest BCUT2D eigenvalue weighted by molar-refractivity contribution is 5.64. The van der Waals surface area contributed by atoms with Crippen LogP contribution in [0.2, 0.25) is 0 Å². The van der Waals surface area contributed by atoms with Crippen LogP contribution in [-0.2, 0) is 0 Å². The summed E-state index contributed by atoms with van der Waals surface area (Å²) in [7, 11) is 1.63. The first-order chi connectivity index (χ1) is 14.3. The van der Waals surface area contributed by atoms with Crippen LogP contribution in [-0.4, -0.2) is 22.3 Å². The molecule has 3 aromatic carbocycles. The lowest BCUT2D eigenvalue weighted by Gasteiger charge is -2.12. The van der Waals surface area contributed by atoms with E-state index >= 15 is 0 Å². The molecule has 4 aromatic rings. The van der Waals surface area contributed by atoms with E-state index in [2.05, 4.69) is 25.8 Å². The SMILES string of the molecule is COc1ccc(Nc2cnnc(Nc3ccccc3Oc3ccccc3)n2)cc1. The van der Waals surface area contributed by atoms with Gasteiger partial charge in [0.1, 0.15) is 11.5 Å². The molecule has 7 nitrogen and oxygen atoms in total. The lowest BCUT2D eigenvalue weighted by atomic mass is 10.3. The summed E-state index contributed by atoms with van der Waals surface area (Å²) >= 11 is 0. The van der Waals surface area contributed by atoms with Crippen molar-refractivity contribution in [3.63, 3.8) is 0 Å². The maximum Gasteiger partial charge on any atom is 0.249 e. The fourth-order valence-corrected chi connectivity index (χ4v) is 2.63. The molecule has 7 heteroatoms. The van der Waals surface area contributed by atoms with Crippen LogP contribution >= 0.6 is 0 Å².